The molecule has 0 saturated carbocycles. The van der Waals surface area contributed by atoms with Crippen molar-refractivity contribution in [3.05, 3.63) is 29.3 Å². The van der Waals surface area contributed by atoms with Gasteiger partial charge < -0.3 is 5.11 Å². The molecule has 1 aliphatic heterocycles. The maximum absolute atomic E-state index is 12.4. The minimum absolute atomic E-state index is 0.191. The number of carboxylic acid groups (broad SMARTS) is 1. The van der Waals surface area contributed by atoms with Crippen LogP contribution in [-0.2, 0) is 9.59 Å². The van der Waals surface area contributed by atoms with E-state index < -0.39 is 11.2 Å². The van der Waals surface area contributed by atoms with Gasteiger partial charge in [-0.2, -0.15) is 0 Å². The van der Waals surface area contributed by atoms with Crippen LogP contribution < -0.4 is 4.90 Å². The molecular formula is C14H16N2O3S. The van der Waals surface area contributed by atoms with Gasteiger partial charge in [0, 0.05) is 7.05 Å². The summed E-state index contributed by atoms with van der Waals surface area (Å²) in [6.07, 6.45) is -0.191. The number of hydrogen-bond acceptors (Lipinski definition) is 4. The first-order valence-electron chi connectivity index (χ1n) is 6.20. The second kappa shape index (κ2) is 5.66. The third-order valence-electron chi connectivity index (χ3n) is 3.23. The van der Waals surface area contributed by atoms with Crippen LogP contribution in [-0.4, -0.2) is 34.4 Å². The van der Waals surface area contributed by atoms with Gasteiger partial charge >= 0.3 is 5.97 Å². The fraction of sp³-hybridized carbons (Fsp3) is 0.357. The highest BCUT2D eigenvalue weighted by atomic mass is 32.2. The summed E-state index contributed by atoms with van der Waals surface area (Å²) in [5.74, 6) is -1.20. The Balaban J connectivity index is 2.36. The average Bonchev–Trinajstić information content (AvgIpc) is 2.69. The van der Waals surface area contributed by atoms with Crippen LogP contribution in [0.15, 0.2) is 23.2 Å². The fourth-order valence-electron chi connectivity index (χ4n) is 2.01. The molecule has 0 radical (unpaired) electrons. The third kappa shape index (κ3) is 2.70. The van der Waals surface area contributed by atoms with Crippen molar-refractivity contribution >= 4 is 34.5 Å². The summed E-state index contributed by atoms with van der Waals surface area (Å²) in [5.41, 5.74) is 2.96. The molecule has 20 heavy (non-hydrogen) atoms. The minimum Gasteiger partial charge on any atom is -0.481 e. The molecule has 5 nitrogen and oxygen atoms in total. The molecule has 1 aliphatic rings. The fourth-order valence-corrected chi connectivity index (χ4v) is 3.10. The zero-order valence-electron chi connectivity index (χ0n) is 11.6. The highest BCUT2D eigenvalue weighted by Crippen LogP contribution is 2.34. The number of anilines is 1. The number of rotatable bonds is 3. The predicted molar refractivity (Wildman–Crippen MR) is 80.4 cm³/mol. The van der Waals surface area contributed by atoms with E-state index in [1.54, 1.807) is 7.05 Å². The topological polar surface area (TPSA) is 70.0 Å². The van der Waals surface area contributed by atoms with Crippen LogP contribution in [0.25, 0.3) is 0 Å². The molecule has 0 spiro atoms. The van der Waals surface area contributed by atoms with Crippen LogP contribution in [0.2, 0.25) is 0 Å². The molecule has 1 fully saturated rings. The van der Waals surface area contributed by atoms with E-state index in [1.165, 1.54) is 16.7 Å². The van der Waals surface area contributed by atoms with Crippen molar-refractivity contribution in [3.63, 3.8) is 0 Å². The monoisotopic (exact) mass is 292 g/mol. The van der Waals surface area contributed by atoms with Crippen molar-refractivity contribution in [1.82, 2.24) is 0 Å². The van der Waals surface area contributed by atoms with Gasteiger partial charge in [-0.3, -0.25) is 19.5 Å². The number of aliphatic imine (C=N–C) groups is 1. The maximum Gasteiger partial charge on any atom is 0.305 e. The van der Waals surface area contributed by atoms with Gasteiger partial charge in [0.15, 0.2) is 5.17 Å². The van der Waals surface area contributed by atoms with Gasteiger partial charge in [-0.05, 0) is 37.1 Å². The molecule has 6 heteroatoms. The van der Waals surface area contributed by atoms with E-state index in [1.807, 2.05) is 32.0 Å². The lowest BCUT2D eigenvalue weighted by Crippen LogP contribution is -2.32. The summed E-state index contributed by atoms with van der Waals surface area (Å²) in [4.78, 5) is 28.8. The highest BCUT2D eigenvalue weighted by molar-refractivity contribution is 8.16. The zero-order chi connectivity index (χ0) is 14.9. The number of nitrogens with zero attached hydrogens (tertiary/aromatic N) is 2. The lowest BCUT2D eigenvalue weighted by Gasteiger charge is -2.17. The van der Waals surface area contributed by atoms with Crippen LogP contribution in [0.5, 0.6) is 0 Å². The lowest BCUT2D eigenvalue weighted by atomic mass is 10.1. The summed E-state index contributed by atoms with van der Waals surface area (Å²) in [6.45, 7) is 3.98. The van der Waals surface area contributed by atoms with E-state index in [-0.39, 0.29) is 12.3 Å². The highest BCUT2D eigenvalue weighted by Gasteiger charge is 2.39. The number of benzene rings is 1. The summed E-state index contributed by atoms with van der Waals surface area (Å²) >= 11 is 1.21. The van der Waals surface area contributed by atoms with E-state index in [0.717, 1.165) is 16.8 Å². The Morgan fingerprint density at radius 2 is 2.10 bits per heavy atom. The van der Waals surface area contributed by atoms with E-state index >= 15 is 0 Å². The molecule has 0 aliphatic carbocycles. The van der Waals surface area contributed by atoms with Crippen molar-refractivity contribution in [3.8, 4) is 0 Å². The first kappa shape index (κ1) is 14.6. The first-order valence-corrected chi connectivity index (χ1v) is 7.08. The van der Waals surface area contributed by atoms with Gasteiger partial charge in [0.05, 0.1) is 12.1 Å². The molecule has 1 amide bonds. The van der Waals surface area contributed by atoms with Gasteiger partial charge in [0.1, 0.15) is 5.25 Å². The SMILES string of the molecule is CN=C1SC(CC(=O)O)C(=O)N1c1ccc(C)c(C)c1. The number of amidine groups is 1. The standard InChI is InChI=1S/C14H16N2O3S/c1-8-4-5-10(6-9(8)2)16-13(19)11(7-12(17)18)20-14(16)15-3/h4-6,11H,7H2,1-3H3,(H,17,18). The number of aliphatic carboxylic acids is 1. The largest absolute Gasteiger partial charge is 0.481 e. The van der Waals surface area contributed by atoms with Gasteiger partial charge in [-0.1, -0.05) is 17.8 Å². The van der Waals surface area contributed by atoms with Gasteiger partial charge in [0.25, 0.3) is 0 Å². The van der Waals surface area contributed by atoms with Gasteiger partial charge in [0.2, 0.25) is 5.91 Å². The summed E-state index contributed by atoms with van der Waals surface area (Å²) < 4.78 is 0. The van der Waals surface area contributed by atoms with Crippen molar-refractivity contribution in [1.29, 1.82) is 0 Å². The Morgan fingerprint density at radius 3 is 2.65 bits per heavy atom. The van der Waals surface area contributed by atoms with Crippen LogP contribution in [0.4, 0.5) is 5.69 Å². The number of aryl methyl sites for hydroxylation is 2. The molecule has 1 N–H and O–H groups in total. The zero-order valence-corrected chi connectivity index (χ0v) is 12.4. The molecule has 1 saturated heterocycles. The van der Waals surface area contributed by atoms with Crippen molar-refractivity contribution in [2.24, 2.45) is 4.99 Å². The van der Waals surface area contributed by atoms with Crippen molar-refractivity contribution in [2.75, 3.05) is 11.9 Å². The number of carboxylic acids is 1. The second-order valence-corrected chi connectivity index (χ2v) is 5.82. The van der Waals surface area contributed by atoms with Crippen LogP contribution >= 0.6 is 11.8 Å². The van der Waals surface area contributed by atoms with E-state index in [2.05, 4.69) is 4.99 Å². The smallest absolute Gasteiger partial charge is 0.305 e. The molecule has 1 aromatic carbocycles. The van der Waals surface area contributed by atoms with E-state index in [9.17, 15) is 9.59 Å². The molecule has 1 atom stereocenters. The summed E-state index contributed by atoms with van der Waals surface area (Å²) in [7, 11) is 1.60. The quantitative estimate of drug-likeness (QED) is 0.927. The second-order valence-electron chi connectivity index (χ2n) is 4.65. The minimum atomic E-state index is -0.978. The maximum atomic E-state index is 12.4. The average molecular weight is 292 g/mol. The number of thioether (sulfide) groups is 1. The Hall–Kier alpha value is -1.82. The molecule has 2 rings (SSSR count). The molecule has 106 valence electrons. The Labute approximate surface area is 121 Å². The molecule has 1 aromatic rings. The Kier molecular flexibility index (Phi) is 4.13. The van der Waals surface area contributed by atoms with E-state index in [0.29, 0.717) is 5.17 Å². The predicted octanol–water partition coefficient (Wildman–Crippen LogP) is 2.21. The molecule has 0 aromatic heterocycles. The first-order chi connectivity index (χ1) is 9.43. The number of carbonyl (C=O) groups is 2. The Bertz CT molecular complexity index is 598. The summed E-state index contributed by atoms with van der Waals surface area (Å²) in [5, 5.41) is 8.81. The molecule has 0 bridgehead atoms. The lowest BCUT2D eigenvalue weighted by molar-refractivity contribution is -0.138. The number of hydrogen-bond donors (Lipinski definition) is 1. The molecule has 1 unspecified atom stereocenters. The molecule has 1 heterocycles. The van der Waals surface area contributed by atoms with Crippen LogP contribution in [0.3, 0.4) is 0 Å². The van der Waals surface area contributed by atoms with Gasteiger partial charge in [-0.25, -0.2) is 0 Å². The van der Waals surface area contributed by atoms with Crippen LogP contribution in [0.1, 0.15) is 17.5 Å². The van der Waals surface area contributed by atoms with Crippen LogP contribution in [0, 0.1) is 13.8 Å². The van der Waals surface area contributed by atoms with E-state index in [4.69, 9.17) is 5.11 Å². The van der Waals surface area contributed by atoms with Gasteiger partial charge in [-0.15, -0.1) is 0 Å². The third-order valence-corrected chi connectivity index (χ3v) is 4.46. The number of amides is 1. The summed E-state index contributed by atoms with van der Waals surface area (Å²) in [6, 6.07) is 5.72. The van der Waals surface area contributed by atoms with Crippen molar-refractivity contribution in [2.45, 2.75) is 25.5 Å². The Morgan fingerprint density at radius 1 is 1.40 bits per heavy atom. The number of carbonyl (C=O) groups excluding carboxylic acids is 1. The molecular weight excluding hydrogens is 276 g/mol. The van der Waals surface area contributed by atoms with Crippen molar-refractivity contribution < 1.29 is 14.7 Å². The normalized spacial score (nSPS) is 20.8.